The first-order valence-electron chi connectivity index (χ1n) is 8.88. The minimum Gasteiger partial charge on any atom is -0.497 e. The average molecular weight is 385 g/mol. The Balaban J connectivity index is 2.00. The van der Waals surface area contributed by atoms with Crippen LogP contribution < -0.4 is 9.64 Å². The predicted octanol–water partition coefficient (Wildman–Crippen LogP) is 3.53. The SMILES string of the molecule is CC[C@@H](C(=O)N(c1ccc(OC)cc1)[C@H]1C=CS(=O)(=O)C1)c1ccccc1. The molecular formula is C21H23NO4S. The Morgan fingerprint density at radius 1 is 1.15 bits per heavy atom. The van der Waals surface area contributed by atoms with Gasteiger partial charge < -0.3 is 9.64 Å². The Labute approximate surface area is 160 Å². The number of sulfone groups is 1. The first-order valence-corrected chi connectivity index (χ1v) is 10.6. The molecule has 1 amide bonds. The van der Waals surface area contributed by atoms with Crippen molar-refractivity contribution in [2.75, 3.05) is 17.8 Å². The third-order valence-corrected chi connectivity index (χ3v) is 6.12. The highest BCUT2D eigenvalue weighted by molar-refractivity contribution is 7.94. The smallest absolute Gasteiger partial charge is 0.235 e. The monoisotopic (exact) mass is 385 g/mol. The fraction of sp³-hybridized carbons (Fsp3) is 0.286. The molecule has 0 aliphatic carbocycles. The summed E-state index contributed by atoms with van der Waals surface area (Å²) in [7, 11) is -1.71. The Morgan fingerprint density at radius 2 is 1.81 bits per heavy atom. The molecule has 0 fully saturated rings. The van der Waals surface area contributed by atoms with Crippen molar-refractivity contribution in [2.45, 2.75) is 25.3 Å². The van der Waals surface area contributed by atoms with Crippen LogP contribution in [0.2, 0.25) is 0 Å². The number of anilines is 1. The second kappa shape index (κ2) is 7.96. The number of ether oxygens (including phenoxy) is 1. The van der Waals surface area contributed by atoms with Gasteiger partial charge in [-0.25, -0.2) is 8.42 Å². The summed E-state index contributed by atoms with van der Waals surface area (Å²) in [6.45, 7) is 1.96. The van der Waals surface area contributed by atoms with E-state index in [9.17, 15) is 13.2 Å². The quantitative estimate of drug-likeness (QED) is 0.763. The van der Waals surface area contributed by atoms with Gasteiger partial charge in [0.05, 0.1) is 24.8 Å². The van der Waals surface area contributed by atoms with Gasteiger partial charge in [0.1, 0.15) is 5.75 Å². The van der Waals surface area contributed by atoms with Crippen molar-refractivity contribution in [3.8, 4) is 5.75 Å². The minimum absolute atomic E-state index is 0.101. The molecule has 1 heterocycles. The van der Waals surface area contributed by atoms with Crippen molar-refractivity contribution in [2.24, 2.45) is 0 Å². The first-order chi connectivity index (χ1) is 12.9. The lowest BCUT2D eigenvalue weighted by molar-refractivity contribution is -0.120. The average Bonchev–Trinajstić information content (AvgIpc) is 3.03. The molecule has 0 saturated carbocycles. The number of nitrogens with zero attached hydrogens (tertiary/aromatic N) is 1. The number of amides is 1. The summed E-state index contributed by atoms with van der Waals surface area (Å²) < 4.78 is 29.1. The van der Waals surface area contributed by atoms with Crippen LogP contribution in [0.3, 0.4) is 0 Å². The van der Waals surface area contributed by atoms with Crippen LogP contribution >= 0.6 is 0 Å². The second-order valence-electron chi connectivity index (χ2n) is 6.50. The summed E-state index contributed by atoms with van der Waals surface area (Å²) in [6, 6.07) is 16.2. The third-order valence-electron chi connectivity index (χ3n) is 4.74. The van der Waals surface area contributed by atoms with Gasteiger partial charge in [-0.1, -0.05) is 37.3 Å². The van der Waals surface area contributed by atoms with Gasteiger partial charge in [-0.05, 0) is 42.3 Å². The number of carbonyl (C=O) groups excluding carboxylic acids is 1. The van der Waals surface area contributed by atoms with E-state index in [0.29, 0.717) is 17.9 Å². The van der Waals surface area contributed by atoms with Crippen molar-refractivity contribution in [3.05, 3.63) is 71.6 Å². The van der Waals surface area contributed by atoms with E-state index in [0.717, 1.165) is 5.56 Å². The third kappa shape index (κ3) is 4.22. The highest BCUT2D eigenvalue weighted by Crippen LogP contribution is 2.30. The fourth-order valence-electron chi connectivity index (χ4n) is 3.35. The molecule has 0 bridgehead atoms. The molecule has 6 heteroatoms. The number of carbonyl (C=O) groups is 1. The van der Waals surface area contributed by atoms with Crippen LogP contribution in [0.5, 0.6) is 5.75 Å². The molecule has 142 valence electrons. The Morgan fingerprint density at radius 3 is 2.33 bits per heavy atom. The Bertz CT molecular complexity index is 920. The molecule has 5 nitrogen and oxygen atoms in total. The lowest BCUT2D eigenvalue weighted by atomic mass is 9.94. The number of benzene rings is 2. The lowest BCUT2D eigenvalue weighted by Gasteiger charge is -2.31. The van der Waals surface area contributed by atoms with E-state index in [1.54, 1.807) is 42.4 Å². The zero-order valence-corrected chi connectivity index (χ0v) is 16.2. The topological polar surface area (TPSA) is 63.7 Å². The van der Waals surface area contributed by atoms with Crippen molar-refractivity contribution in [1.29, 1.82) is 0 Å². The number of hydrogen-bond acceptors (Lipinski definition) is 4. The van der Waals surface area contributed by atoms with Crippen molar-refractivity contribution < 1.29 is 17.9 Å². The normalized spacial score (nSPS) is 18.8. The maximum Gasteiger partial charge on any atom is 0.235 e. The van der Waals surface area contributed by atoms with E-state index < -0.39 is 15.9 Å². The molecule has 0 unspecified atom stereocenters. The van der Waals surface area contributed by atoms with Crippen LogP contribution in [0, 0.1) is 0 Å². The van der Waals surface area contributed by atoms with E-state index in [-0.39, 0.29) is 17.6 Å². The molecule has 1 aliphatic heterocycles. The Kier molecular flexibility index (Phi) is 5.65. The standard InChI is InChI=1S/C21H23NO4S/c1-3-20(16-7-5-4-6-8-16)21(23)22(18-13-14-27(24,25)15-18)17-9-11-19(26-2)12-10-17/h4-14,18,20H,3,15H2,1-2H3/t18-,20+/m0/s1. The fourth-order valence-corrected chi connectivity index (χ4v) is 4.62. The van der Waals surface area contributed by atoms with Crippen molar-refractivity contribution in [3.63, 3.8) is 0 Å². The zero-order chi connectivity index (χ0) is 19.4. The van der Waals surface area contributed by atoms with E-state index >= 15 is 0 Å². The molecule has 2 aromatic rings. The molecule has 0 N–H and O–H groups in total. The molecule has 2 aromatic carbocycles. The van der Waals surface area contributed by atoms with Crippen molar-refractivity contribution in [1.82, 2.24) is 0 Å². The predicted molar refractivity (Wildman–Crippen MR) is 107 cm³/mol. The van der Waals surface area contributed by atoms with Crippen LogP contribution in [0.4, 0.5) is 5.69 Å². The van der Waals surface area contributed by atoms with Gasteiger partial charge in [-0.15, -0.1) is 0 Å². The zero-order valence-electron chi connectivity index (χ0n) is 15.4. The van der Waals surface area contributed by atoms with Gasteiger partial charge in [-0.3, -0.25) is 4.79 Å². The maximum absolute atomic E-state index is 13.5. The molecule has 3 rings (SSSR count). The van der Waals surface area contributed by atoms with Crippen LogP contribution in [-0.4, -0.2) is 33.2 Å². The summed E-state index contributed by atoms with van der Waals surface area (Å²) in [5.41, 5.74) is 1.58. The number of rotatable bonds is 6. The molecule has 0 radical (unpaired) electrons. The molecule has 27 heavy (non-hydrogen) atoms. The highest BCUT2D eigenvalue weighted by Gasteiger charge is 2.34. The van der Waals surface area contributed by atoms with Gasteiger partial charge in [0.2, 0.25) is 5.91 Å². The van der Waals surface area contributed by atoms with Gasteiger partial charge >= 0.3 is 0 Å². The summed E-state index contributed by atoms with van der Waals surface area (Å²) in [5, 5.41) is 1.20. The molecule has 0 aromatic heterocycles. The van der Waals surface area contributed by atoms with Gasteiger partial charge in [0.25, 0.3) is 0 Å². The number of hydrogen-bond donors (Lipinski definition) is 0. The minimum atomic E-state index is -3.29. The van der Waals surface area contributed by atoms with Gasteiger partial charge in [-0.2, -0.15) is 0 Å². The van der Waals surface area contributed by atoms with E-state index in [2.05, 4.69) is 0 Å². The lowest BCUT2D eigenvalue weighted by Crippen LogP contribution is -2.43. The maximum atomic E-state index is 13.5. The largest absolute Gasteiger partial charge is 0.497 e. The highest BCUT2D eigenvalue weighted by atomic mass is 32.2. The van der Waals surface area contributed by atoms with Gasteiger partial charge in [0.15, 0.2) is 9.84 Å². The summed E-state index contributed by atoms with van der Waals surface area (Å²) >= 11 is 0. The van der Waals surface area contributed by atoms with Crippen LogP contribution in [0.25, 0.3) is 0 Å². The summed E-state index contributed by atoms with van der Waals surface area (Å²) in [6.07, 6.45) is 2.22. The van der Waals surface area contributed by atoms with E-state index in [1.807, 2.05) is 37.3 Å². The summed E-state index contributed by atoms with van der Waals surface area (Å²) in [5.74, 6) is 0.122. The summed E-state index contributed by atoms with van der Waals surface area (Å²) in [4.78, 5) is 15.1. The molecular weight excluding hydrogens is 362 g/mol. The molecule has 1 aliphatic rings. The first kappa shape index (κ1) is 19.2. The van der Waals surface area contributed by atoms with Gasteiger partial charge in [0, 0.05) is 11.1 Å². The molecule has 0 spiro atoms. The molecule has 0 saturated heterocycles. The van der Waals surface area contributed by atoms with E-state index in [1.165, 1.54) is 5.41 Å². The number of methoxy groups -OCH3 is 1. The van der Waals surface area contributed by atoms with Crippen LogP contribution in [-0.2, 0) is 14.6 Å². The second-order valence-corrected chi connectivity index (χ2v) is 8.43. The van der Waals surface area contributed by atoms with Crippen molar-refractivity contribution >= 4 is 21.4 Å². The Hall–Kier alpha value is -2.60. The van der Waals surface area contributed by atoms with E-state index in [4.69, 9.17) is 4.74 Å². The van der Waals surface area contributed by atoms with Crippen LogP contribution in [0.1, 0.15) is 24.8 Å². The molecule has 2 atom stereocenters. The van der Waals surface area contributed by atoms with Crippen LogP contribution in [0.15, 0.2) is 66.1 Å².